The van der Waals surface area contributed by atoms with Gasteiger partial charge in [0.15, 0.2) is 5.82 Å². The fourth-order valence-corrected chi connectivity index (χ4v) is 9.43. The Hall–Kier alpha value is -8.92. The van der Waals surface area contributed by atoms with Crippen molar-refractivity contribution in [1.82, 2.24) is 14.5 Å². The molecule has 0 aliphatic heterocycles. The molecule has 3 heteroatoms. The Bertz CT molecular complexity index is 3590. The van der Waals surface area contributed by atoms with Gasteiger partial charge in [0.1, 0.15) is 5.52 Å². The molecule has 314 valence electrons. The second-order valence-electron chi connectivity index (χ2n) is 17.0. The minimum Gasteiger partial charge on any atom is -0.306 e. The molecule has 2 aromatic heterocycles. The molecule has 0 spiro atoms. The first-order chi connectivity index (χ1) is 33.2. The maximum absolute atomic E-state index is 5.56. The first kappa shape index (κ1) is 39.7. The first-order valence-corrected chi connectivity index (χ1v) is 22.8. The molecular formula is C64H43N3. The van der Waals surface area contributed by atoms with Crippen LogP contribution in [0.5, 0.6) is 0 Å². The Morgan fingerprint density at radius 1 is 0.254 bits per heavy atom. The van der Waals surface area contributed by atoms with Crippen LogP contribution in [0, 0.1) is 0 Å². The second-order valence-corrected chi connectivity index (χ2v) is 17.0. The SMILES string of the molecule is c1ccc(-c2ccc(-c3cc(-c4ccc(-c5ccccc5)cc4)cc(-c4cccc(-c5nc(-c6cccc(-c7ccccc7)c6)c6c(n5)c5ccccc5n6-c5ccccc5)c4)c3)cc2)cc1. The lowest BCUT2D eigenvalue weighted by Crippen LogP contribution is -2.00. The summed E-state index contributed by atoms with van der Waals surface area (Å²) < 4.78 is 2.32. The highest BCUT2D eigenvalue weighted by molar-refractivity contribution is 6.11. The van der Waals surface area contributed by atoms with Gasteiger partial charge in [-0.2, -0.15) is 0 Å². The van der Waals surface area contributed by atoms with Crippen LogP contribution in [0.15, 0.2) is 261 Å². The van der Waals surface area contributed by atoms with E-state index in [0.717, 1.165) is 89.0 Å². The highest BCUT2D eigenvalue weighted by atomic mass is 15.0. The van der Waals surface area contributed by atoms with Gasteiger partial charge in [-0.15, -0.1) is 0 Å². The number of benzene rings is 10. The predicted octanol–water partition coefficient (Wildman–Crippen LogP) is 16.9. The fraction of sp³-hybridized carbons (Fsp3) is 0. The van der Waals surface area contributed by atoms with Crippen molar-refractivity contribution in [3.05, 3.63) is 261 Å². The topological polar surface area (TPSA) is 30.7 Å². The minimum atomic E-state index is 0.676. The molecule has 0 N–H and O–H groups in total. The van der Waals surface area contributed by atoms with Gasteiger partial charge >= 0.3 is 0 Å². The van der Waals surface area contributed by atoms with E-state index in [1.54, 1.807) is 0 Å². The van der Waals surface area contributed by atoms with Gasteiger partial charge in [-0.3, -0.25) is 0 Å². The van der Waals surface area contributed by atoms with Crippen molar-refractivity contribution in [3.63, 3.8) is 0 Å². The van der Waals surface area contributed by atoms with Crippen LogP contribution < -0.4 is 0 Å². The third kappa shape index (κ3) is 7.69. The number of rotatable bonds is 9. The van der Waals surface area contributed by atoms with Crippen LogP contribution in [-0.2, 0) is 0 Å². The molecule has 0 atom stereocenters. The lowest BCUT2D eigenvalue weighted by molar-refractivity contribution is 1.15. The molecule has 0 saturated heterocycles. The van der Waals surface area contributed by atoms with Gasteiger partial charge in [0.05, 0.1) is 16.7 Å². The average molecular weight is 854 g/mol. The summed E-state index contributed by atoms with van der Waals surface area (Å²) in [5.41, 5.74) is 20.8. The summed E-state index contributed by atoms with van der Waals surface area (Å²) in [7, 11) is 0. The molecule has 0 fully saturated rings. The van der Waals surface area contributed by atoms with Crippen molar-refractivity contribution in [2.24, 2.45) is 0 Å². The molecule has 67 heavy (non-hydrogen) atoms. The Labute approximate surface area is 390 Å². The molecule has 12 rings (SSSR count). The summed E-state index contributed by atoms with van der Waals surface area (Å²) >= 11 is 0. The number of aromatic nitrogens is 3. The largest absolute Gasteiger partial charge is 0.306 e. The third-order valence-corrected chi connectivity index (χ3v) is 12.8. The summed E-state index contributed by atoms with van der Waals surface area (Å²) in [6.07, 6.45) is 0. The lowest BCUT2D eigenvalue weighted by atomic mass is 9.91. The normalized spacial score (nSPS) is 11.3. The van der Waals surface area contributed by atoms with E-state index >= 15 is 0 Å². The van der Waals surface area contributed by atoms with Gasteiger partial charge < -0.3 is 4.57 Å². The quantitative estimate of drug-likeness (QED) is 0.145. The smallest absolute Gasteiger partial charge is 0.160 e. The second kappa shape index (κ2) is 17.2. The van der Waals surface area contributed by atoms with Crippen LogP contribution in [0.1, 0.15) is 0 Å². The maximum Gasteiger partial charge on any atom is 0.160 e. The number of nitrogens with zero attached hydrogens (tertiary/aromatic N) is 3. The average Bonchev–Trinajstić information content (AvgIpc) is 3.76. The van der Waals surface area contributed by atoms with Gasteiger partial charge in [-0.05, 0) is 115 Å². The van der Waals surface area contributed by atoms with Crippen LogP contribution in [0.3, 0.4) is 0 Å². The zero-order valence-corrected chi connectivity index (χ0v) is 36.7. The first-order valence-electron chi connectivity index (χ1n) is 22.8. The van der Waals surface area contributed by atoms with E-state index < -0.39 is 0 Å². The molecule has 0 radical (unpaired) electrons. The van der Waals surface area contributed by atoms with Gasteiger partial charge in [0.25, 0.3) is 0 Å². The van der Waals surface area contributed by atoms with Crippen molar-refractivity contribution < 1.29 is 0 Å². The third-order valence-electron chi connectivity index (χ3n) is 12.8. The number of para-hydroxylation sites is 2. The van der Waals surface area contributed by atoms with Crippen molar-refractivity contribution in [2.45, 2.75) is 0 Å². The van der Waals surface area contributed by atoms with Gasteiger partial charge in [0, 0.05) is 22.2 Å². The molecule has 0 saturated carbocycles. The molecule has 10 aromatic carbocycles. The standard InChI is InChI=1S/C64H43N3/c1-5-17-44(18-6-1)47-31-35-49(36-32-47)55-41-56(50-37-33-48(34-38-50)45-19-7-2-8-20-45)43-57(42-55)52-24-16-26-54(40-52)64-65-61(53-25-15-23-51(39-53)46-21-9-3-10-22-46)63-62(66-64)59-29-13-14-30-60(59)67(63)58-27-11-4-12-28-58/h1-43H. The predicted molar refractivity (Wildman–Crippen MR) is 280 cm³/mol. The van der Waals surface area contributed by atoms with E-state index in [-0.39, 0.29) is 0 Å². The zero-order chi connectivity index (χ0) is 44.5. The summed E-state index contributed by atoms with van der Waals surface area (Å²) in [6.45, 7) is 0. The van der Waals surface area contributed by atoms with E-state index in [9.17, 15) is 0 Å². The van der Waals surface area contributed by atoms with Crippen LogP contribution in [0.25, 0.3) is 117 Å². The van der Waals surface area contributed by atoms with Crippen molar-refractivity contribution in [3.8, 4) is 95.1 Å². The molecule has 0 unspecified atom stereocenters. The summed E-state index contributed by atoms with van der Waals surface area (Å²) in [6, 6.07) is 93.1. The van der Waals surface area contributed by atoms with Gasteiger partial charge in [0.2, 0.25) is 0 Å². The molecule has 0 aliphatic carbocycles. The van der Waals surface area contributed by atoms with E-state index in [4.69, 9.17) is 9.97 Å². The van der Waals surface area contributed by atoms with E-state index in [0.29, 0.717) is 5.82 Å². The maximum atomic E-state index is 5.56. The van der Waals surface area contributed by atoms with Crippen LogP contribution in [-0.4, -0.2) is 14.5 Å². The number of hydrogen-bond donors (Lipinski definition) is 0. The lowest BCUT2D eigenvalue weighted by Gasteiger charge is -2.14. The Kier molecular flexibility index (Phi) is 10.2. The number of fused-ring (bicyclic) bond motifs is 3. The number of hydrogen-bond acceptors (Lipinski definition) is 2. The Morgan fingerprint density at radius 2 is 0.612 bits per heavy atom. The summed E-state index contributed by atoms with van der Waals surface area (Å²) in [5.74, 6) is 0.676. The fourth-order valence-electron chi connectivity index (χ4n) is 9.43. The van der Waals surface area contributed by atoms with Crippen molar-refractivity contribution in [2.75, 3.05) is 0 Å². The Morgan fingerprint density at radius 3 is 1.16 bits per heavy atom. The van der Waals surface area contributed by atoms with E-state index in [2.05, 4.69) is 265 Å². The van der Waals surface area contributed by atoms with E-state index in [1.807, 2.05) is 0 Å². The molecule has 0 aliphatic rings. The molecule has 2 heterocycles. The molecule has 12 aromatic rings. The molecule has 0 bridgehead atoms. The molecule has 3 nitrogen and oxygen atoms in total. The van der Waals surface area contributed by atoms with Crippen LogP contribution >= 0.6 is 0 Å². The van der Waals surface area contributed by atoms with Gasteiger partial charge in [-0.25, -0.2) is 9.97 Å². The molecular weight excluding hydrogens is 811 g/mol. The van der Waals surface area contributed by atoms with Crippen molar-refractivity contribution >= 4 is 21.9 Å². The van der Waals surface area contributed by atoms with E-state index in [1.165, 1.54) is 22.3 Å². The molecule has 0 amide bonds. The zero-order valence-electron chi connectivity index (χ0n) is 36.7. The van der Waals surface area contributed by atoms with Crippen LogP contribution in [0.4, 0.5) is 0 Å². The Balaban J connectivity index is 1.02. The van der Waals surface area contributed by atoms with Gasteiger partial charge in [-0.1, -0.05) is 212 Å². The van der Waals surface area contributed by atoms with Crippen LogP contribution in [0.2, 0.25) is 0 Å². The monoisotopic (exact) mass is 853 g/mol. The highest BCUT2D eigenvalue weighted by Crippen LogP contribution is 2.40. The highest BCUT2D eigenvalue weighted by Gasteiger charge is 2.22. The van der Waals surface area contributed by atoms with Crippen molar-refractivity contribution in [1.29, 1.82) is 0 Å². The minimum absolute atomic E-state index is 0.676. The summed E-state index contributed by atoms with van der Waals surface area (Å²) in [4.78, 5) is 11.0. The summed E-state index contributed by atoms with van der Waals surface area (Å²) in [5, 5.41) is 1.08.